The number of aromatic nitrogens is 1. The lowest BCUT2D eigenvalue weighted by Crippen LogP contribution is -2.12. The van der Waals surface area contributed by atoms with Gasteiger partial charge >= 0.3 is 0 Å². The van der Waals surface area contributed by atoms with E-state index in [1.54, 1.807) is 13.3 Å². The van der Waals surface area contributed by atoms with E-state index < -0.39 is 0 Å². The zero-order chi connectivity index (χ0) is 10.1. The summed E-state index contributed by atoms with van der Waals surface area (Å²) in [7, 11) is 1.60. The number of ether oxygens (including phenoxy) is 1. The van der Waals surface area contributed by atoms with Crippen molar-refractivity contribution >= 4 is 5.82 Å². The summed E-state index contributed by atoms with van der Waals surface area (Å²) >= 11 is 0. The van der Waals surface area contributed by atoms with E-state index in [0.717, 1.165) is 5.56 Å². The zero-order valence-corrected chi connectivity index (χ0v) is 8.59. The number of nitrogens with two attached hydrogens (primary N) is 1. The van der Waals surface area contributed by atoms with Crippen molar-refractivity contribution in [2.75, 3.05) is 12.8 Å². The normalized spacial score (nSPS) is 11.4. The van der Waals surface area contributed by atoms with E-state index >= 15 is 0 Å². The van der Waals surface area contributed by atoms with Gasteiger partial charge in [0.1, 0.15) is 0 Å². The molecule has 0 aromatic carbocycles. The van der Waals surface area contributed by atoms with Crippen LogP contribution in [0.1, 0.15) is 26.3 Å². The number of anilines is 1. The van der Waals surface area contributed by atoms with Gasteiger partial charge in [0, 0.05) is 6.20 Å². The maximum atomic E-state index is 5.61. The van der Waals surface area contributed by atoms with Crippen molar-refractivity contribution in [2.24, 2.45) is 0 Å². The number of nitrogen functional groups attached to an aromatic ring is 1. The molecule has 1 aromatic rings. The highest BCUT2D eigenvalue weighted by Gasteiger charge is 2.15. The first kappa shape index (κ1) is 9.84. The summed E-state index contributed by atoms with van der Waals surface area (Å²) < 4.78 is 5.09. The molecule has 0 aliphatic heterocycles. The Morgan fingerprint density at radius 3 is 2.46 bits per heavy atom. The number of hydrogen-bond donors (Lipinski definition) is 1. The molecule has 3 nitrogen and oxygen atoms in total. The van der Waals surface area contributed by atoms with Crippen molar-refractivity contribution in [3.05, 3.63) is 17.8 Å². The number of pyridine rings is 1. The molecule has 0 radical (unpaired) electrons. The molecule has 2 N–H and O–H groups in total. The first-order valence-electron chi connectivity index (χ1n) is 4.25. The highest BCUT2D eigenvalue weighted by molar-refractivity contribution is 5.48. The second kappa shape index (κ2) is 3.24. The van der Waals surface area contributed by atoms with E-state index in [1.165, 1.54) is 0 Å². The largest absolute Gasteiger partial charge is 0.493 e. The van der Waals surface area contributed by atoms with Crippen LogP contribution in [0.5, 0.6) is 5.75 Å². The van der Waals surface area contributed by atoms with Gasteiger partial charge in [0.2, 0.25) is 0 Å². The molecule has 0 unspecified atom stereocenters. The quantitative estimate of drug-likeness (QED) is 0.718. The van der Waals surface area contributed by atoms with Gasteiger partial charge in [-0.25, -0.2) is 4.98 Å². The third kappa shape index (κ3) is 2.11. The average molecular weight is 180 g/mol. The Bertz CT molecular complexity index is 302. The third-order valence-electron chi connectivity index (χ3n) is 1.97. The Morgan fingerprint density at radius 1 is 1.38 bits per heavy atom. The van der Waals surface area contributed by atoms with Gasteiger partial charge in [-0.05, 0) is 17.0 Å². The number of rotatable bonds is 1. The Morgan fingerprint density at radius 2 is 2.00 bits per heavy atom. The smallest absolute Gasteiger partial charge is 0.166 e. The molecule has 0 aliphatic carbocycles. The van der Waals surface area contributed by atoms with E-state index in [0.29, 0.717) is 11.6 Å². The number of nitrogens with zero attached hydrogens (tertiary/aromatic N) is 1. The van der Waals surface area contributed by atoms with Crippen LogP contribution in [0.15, 0.2) is 12.3 Å². The van der Waals surface area contributed by atoms with Gasteiger partial charge < -0.3 is 10.5 Å². The molecule has 0 saturated carbocycles. The minimum Gasteiger partial charge on any atom is -0.493 e. The van der Waals surface area contributed by atoms with Crippen LogP contribution in [0.3, 0.4) is 0 Å². The fraction of sp³-hybridized carbons (Fsp3) is 0.500. The van der Waals surface area contributed by atoms with Gasteiger partial charge in [-0.3, -0.25) is 0 Å². The van der Waals surface area contributed by atoms with Crippen LogP contribution >= 0.6 is 0 Å². The van der Waals surface area contributed by atoms with Gasteiger partial charge in [-0.15, -0.1) is 0 Å². The predicted molar refractivity (Wildman–Crippen MR) is 53.9 cm³/mol. The molecule has 0 spiro atoms. The fourth-order valence-corrected chi connectivity index (χ4v) is 1.03. The Balaban J connectivity index is 3.14. The average Bonchev–Trinajstić information content (AvgIpc) is 2.03. The van der Waals surface area contributed by atoms with Crippen LogP contribution in [-0.4, -0.2) is 12.1 Å². The van der Waals surface area contributed by atoms with Crippen molar-refractivity contribution < 1.29 is 4.74 Å². The zero-order valence-electron chi connectivity index (χ0n) is 8.59. The topological polar surface area (TPSA) is 48.1 Å². The lowest BCUT2D eigenvalue weighted by Gasteiger charge is -2.19. The SMILES string of the molecule is COc1cc(C(C)(C)C)cnc1N. The first-order valence-corrected chi connectivity index (χ1v) is 4.25. The number of hydrogen-bond acceptors (Lipinski definition) is 3. The summed E-state index contributed by atoms with van der Waals surface area (Å²) in [4.78, 5) is 4.07. The molecule has 0 aliphatic rings. The van der Waals surface area contributed by atoms with Gasteiger partial charge in [0.25, 0.3) is 0 Å². The predicted octanol–water partition coefficient (Wildman–Crippen LogP) is 1.97. The van der Waals surface area contributed by atoms with E-state index in [9.17, 15) is 0 Å². The monoisotopic (exact) mass is 180 g/mol. The molecule has 13 heavy (non-hydrogen) atoms. The van der Waals surface area contributed by atoms with E-state index in [1.807, 2.05) is 6.07 Å². The molecule has 1 rings (SSSR count). The molecule has 3 heteroatoms. The lowest BCUT2D eigenvalue weighted by atomic mass is 9.88. The Hall–Kier alpha value is -1.25. The maximum absolute atomic E-state index is 5.61. The van der Waals surface area contributed by atoms with E-state index in [2.05, 4.69) is 25.8 Å². The van der Waals surface area contributed by atoms with Crippen LogP contribution < -0.4 is 10.5 Å². The Kier molecular flexibility index (Phi) is 2.45. The summed E-state index contributed by atoms with van der Waals surface area (Å²) in [5.74, 6) is 1.09. The molecule has 0 bridgehead atoms. The van der Waals surface area contributed by atoms with Gasteiger partial charge in [-0.1, -0.05) is 20.8 Å². The molecule has 1 heterocycles. The fourth-order valence-electron chi connectivity index (χ4n) is 1.03. The second-order valence-corrected chi connectivity index (χ2v) is 4.06. The first-order chi connectivity index (χ1) is 5.95. The van der Waals surface area contributed by atoms with Crippen molar-refractivity contribution in [3.63, 3.8) is 0 Å². The molecular formula is C10H16N2O. The summed E-state index contributed by atoms with van der Waals surface area (Å²) in [6, 6.07) is 1.93. The van der Waals surface area contributed by atoms with Crippen LogP contribution in [0.2, 0.25) is 0 Å². The molecule has 0 amide bonds. The van der Waals surface area contributed by atoms with E-state index in [4.69, 9.17) is 10.5 Å². The standard InChI is InChI=1S/C10H16N2O/c1-10(2,3)7-5-8(13-4)9(11)12-6-7/h5-6H,1-4H3,(H2,11,12). The summed E-state index contributed by atoms with van der Waals surface area (Å²) in [5, 5.41) is 0. The van der Waals surface area contributed by atoms with Gasteiger partial charge in [0.15, 0.2) is 11.6 Å². The molecule has 0 atom stereocenters. The second-order valence-electron chi connectivity index (χ2n) is 4.06. The lowest BCUT2D eigenvalue weighted by molar-refractivity contribution is 0.413. The molecule has 72 valence electrons. The molecule has 0 saturated heterocycles. The molecular weight excluding hydrogens is 164 g/mol. The van der Waals surface area contributed by atoms with E-state index in [-0.39, 0.29) is 5.41 Å². The van der Waals surface area contributed by atoms with Crippen molar-refractivity contribution in [3.8, 4) is 5.75 Å². The molecule has 0 fully saturated rings. The van der Waals surface area contributed by atoms with Crippen LogP contribution in [-0.2, 0) is 5.41 Å². The van der Waals surface area contributed by atoms with Crippen molar-refractivity contribution in [1.82, 2.24) is 4.98 Å². The Labute approximate surface area is 78.9 Å². The molecule has 1 aromatic heterocycles. The maximum Gasteiger partial charge on any atom is 0.166 e. The summed E-state index contributed by atoms with van der Waals surface area (Å²) in [5.41, 5.74) is 6.81. The third-order valence-corrected chi connectivity index (χ3v) is 1.97. The van der Waals surface area contributed by atoms with Crippen LogP contribution in [0.4, 0.5) is 5.82 Å². The summed E-state index contributed by atoms with van der Waals surface area (Å²) in [6.45, 7) is 6.37. The minimum absolute atomic E-state index is 0.0774. The van der Waals surface area contributed by atoms with Gasteiger partial charge in [0.05, 0.1) is 7.11 Å². The number of methoxy groups -OCH3 is 1. The van der Waals surface area contributed by atoms with Crippen molar-refractivity contribution in [1.29, 1.82) is 0 Å². The van der Waals surface area contributed by atoms with Crippen LogP contribution in [0, 0.1) is 0 Å². The summed E-state index contributed by atoms with van der Waals surface area (Å²) in [6.07, 6.45) is 1.79. The van der Waals surface area contributed by atoms with Crippen LogP contribution in [0.25, 0.3) is 0 Å². The van der Waals surface area contributed by atoms with Gasteiger partial charge in [-0.2, -0.15) is 0 Å². The highest BCUT2D eigenvalue weighted by atomic mass is 16.5. The minimum atomic E-state index is 0.0774. The highest BCUT2D eigenvalue weighted by Crippen LogP contribution is 2.27. The van der Waals surface area contributed by atoms with Crippen molar-refractivity contribution in [2.45, 2.75) is 26.2 Å².